The zero-order valence-electron chi connectivity index (χ0n) is 12.5. The second-order valence-electron chi connectivity index (χ2n) is 5.38. The molecule has 1 aliphatic carbocycles. The largest absolute Gasteiger partial charge is 0.511 e. The summed E-state index contributed by atoms with van der Waals surface area (Å²) in [5.41, 5.74) is 1.08. The maximum Gasteiger partial charge on any atom is 0.355 e. The minimum Gasteiger partial charge on any atom is -0.511 e. The number of aliphatic imine (C=N–C) groups is 1. The number of Topliss-reactive ketones (excluding diaryl/α,β-unsaturated/α-hetero) is 1. The van der Waals surface area contributed by atoms with Crippen molar-refractivity contribution in [2.24, 2.45) is 4.99 Å². The topological polar surface area (TPSA) is 99.9 Å². The molecule has 1 aliphatic rings. The first kappa shape index (κ1) is 16.1. The van der Waals surface area contributed by atoms with Gasteiger partial charge in [0.2, 0.25) is 5.13 Å². The molecule has 122 valence electrons. The van der Waals surface area contributed by atoms with E-state index in [9.17, 15) is 14.7 Å². The second-order valence-corrected chi connectivity index (χ2v) is 6.21. The van der Waals surface area contributed by atoms with Gasteiger partial charge < -0.3 is 10.2 Å². The lowest BCUT2D eigenvalue weighted by molar-refractivity contribution is -0.116. The zero-order valence-corrected chi connectivity index (χ0v) is 13.4. The van der Waals surface area contributed by atoms with Crippen molar-refractivity contribution in [3.8, 4) is 0 Å². The molecule has 2 N–H and O–H groups in total. The van der Waals surface area contributed by atoms with Crippen LogP contribution in [0.1, 0.15) is 34.8 Å². The van der Waals surface area contributed by atoms with Crippen molar-refractivity contribution in [2.75, 3.05) is 0 Å². The Labute approximate surface area is 141 Å². The molecular weight excluding hydrogens is 328 g/mol. The molecule has 6 nitrogen and oxygen atoms in total. The van der Waals surface area contributed by atoms with Crippen molar-refractivity contribution in [2.45, 2.75) is 18.8 Å². The van der Waals surface area contributed by atoms with Crippen molar-refractivity contribution >= 4 is 34.4 Å². The van der Waals surface area contributed by atoms with E-state index in [0.29, 0.717) is 12.8 Å². The molecule has 2 aromatic rings. The lowest BCUT2D eigenvalue weighted by atomic mass is 9.83. The van der Waals surface area contributed by atoms with E-state index in [1.165, 1.54) is 11.6 Å². The number of hydrogen-bond donors (Lipinski definition) is 2. The number of allylic oxidation sites excluding steroid dienone is 2. The number of carbonyl (C=O) groups is 2. The first-order chi connectivity index (χ1) is 11.5. The van der Waals surface area contributed by atoms with E-state index in [4.69, 9.17) is 5.11 Å². The van der Waals surface area contributed by atoms with E-state index in [2.05, 4.69) is 9.98 Å². The Bertz CT molecular complexity index is 839. The standard InChI is InChI=1S/C17H14N2O4S/c20-14-6-11(10-4-2-1-3-5-10)7-15(21)12(14)8-18-17-19-13(9-24-17)16(22)23/h1-5,8-9,11,20H,6-7H2,(H,22,23). The summed E-state index contributed by atoms with van der Waals surface area (Å²) >= 11 is 1.06. The Hall–Kier alpha value is -2.80. The summed E-state index contributed by atoms with van der Waals surface area (Å²) in [6.07, 6.45) is 1.94. The second kappa shape index (κ2) is 6.76. The van der Waals surface area contributed by atoms with Crippen LogP contribution < -0.4 is 0 Å². The maximum atomic E-state index is 12.3. The highest BCUT2D eigenvalue weighted by Crippen LogP contribution is 2.33. The summed E-state index contributed by atoms with van der Waals surface area (Å²) in [6.45, 7) is 0. The lowest BCUT2D eigenvalue weighted by Crippen LogP contribution is -2.19. The lowest BCUT2D eigenvalue weighted by Gasteiger charge is -2.22. The molecule has 0 saturated heterocycles. The minimum atomic E-state index is -1.13. The van der Waals surface area contributed by atoms with Crippen LogP contribution in [-0.2, 0) is 4.79 Å². The van der Waals surface area contributed by atoms with Gasteiger partial charge in [0, 0.05) is 24.4 Å². The Morgan fingerprint density at radius 2 is 2.04 bits per heavy atom. The van der Waals surface area contributed by atoms with Crippen molar-refractivity contribution < 1.29 is 19.8 Å². The highest BCUT2D eigenvalue weighted by atomic mass is 32.1. The molecule has 1 aromatic heterocycles. The molecule has 7 heteroatoms. The number of ketones is 1. The van der Waals surface area contributed by atoms with Crippen LogP contribution in [-0.4, -0.2) is 33.2 Å². The summed E-state index contributed by atoms with van der Waals surface area (Å²) in [5, 5.41) is 20.6. The maximum absolute atomic E-state index is 12.3. The number of aliphatic hydroxyl groups is 1. The molecular formula is C17H14N2O4S. The van der Waals surface area contributed by atoms with E-state index in [1.807, 2.05) is 30.3 Å². The van der Waals surface area contributed by atoms with Gasteiger partial charge in [0.15, 0.2) is 11.5 Å². The molecule has 0 saturated carbocycles. The molecule has 0 amide bonds. The van der Waals surface area contributed by atoms with Gasteiger partial charge in [-0.15, -0.1) is 11.3 Å². The van der Waals surface area contributed by atoms with Crippen molar-refractivity contribution in [1.82, 2.24) is 4.98 Å². The van der Waals surface area contributed by atoms with E-state index in [1.54, 1.807) is 0 Å². The van der Waals surface area contributed by atoms with Gasteiger partial charge in [-0.1, -0.05) is 30.3 Å². The Kier molecular flexibility index (Phi) is 4.52. The molecule has 24 heavy (non-hydrogen) atoms. The fourth-order valence-electron chi connectivity index (χ4n) is 2.56. The van der Waals surface area contributed by atoms with Gasteiger partial charge in [0.25, 0.3) is 0 Å². The normalized spacial score (nSPS) is 18.3. The average Bonchev–Trinajstić information content (AvgIpc) is 3.04. The van der Waals surface area contributed by atoms with Crippen LogP contribution in [0.5, 0.6) is 0 Å². The summed E-state index contributed by atoms with van der Waals surface area (Å²) in [5.74, 6) is -1.37. The summed E-state index contributed by atoms with van der Waals surface area (Å²) < 4.78 is 0. The van der Waals surface area contributed by atoms with E-state index in [0.717, 1.165) is 16.9 Å². The number of carboxylic acid groups (broad SMARTS) is 1. The molecule has 1 unspecified atom stereocenters. The number of thiazole rings is 1. The number of aromatic carboxylic acids is 1. The van der Waals surface area contributed by atoms with Crippen LogP contribution in [0.25, 0.3) is 0 Å². The van der Waals surface area contributed by atoms with Gasteiger partial charge in [-0.3, -0.25) is 4.79 Å². The summed E-state index contributed by atoms with van der Waals surface area (Å²) in [6, 6.07) is 9.59. The molecule has 1 aromatic carbocycles. The van der Waals surface area contributed by atoms with Gasteiger partial charge >= 0.3 is 5.97 Å². The van der Waals surface area contributed by atoms with Gasteiger partial charge in [0.1, 0.15) is 5.76 Å². The first-order valence-corrected chi connectivity index (χ1v) is 8.15. The molecule has 0 radical (unpaired) electrons. The van der Waals surface area contributed by atoms with Crippen molar-refractivity contribution in [1.29, 1.82) is 0 Å². The number of aromatic nitrogens is 1. The number of aliphatic hydroxyl groups excluding tert-OH is 1. The van der Waals surface area contributed by atoms with Gasteiger partial charge in [-0.05, 0) is 11.5 Å². The quantitative estimate of drug-likeness (QED) is 0.828. The fourth-order valence-corrected chi connectivity index (χ4v) is 3.19. The van der Waals surface area contributed by atoms with Crippen LogP contribution >= 0.6 is 11.3 Å². The highest BCUT2D eigenvalue weighted by molar-refractivity contribution is 7.13. The number of nitrogens with zero attached hydrogens (tertiary/aromatic N) is 2. The van der Waals surface area contributed by atoms with Crippen LogP contribution in [0.2, 0.25) is 0 Å². The Morgan fingerprint density at radius 1 is 1.29 bits per heavy atom. The van der Waals surface area contributed by atoms with Gasteiger partial charge in [-0.2, -0.15) is 0 Å². The number of carboxylic acids is 1. The minimum absolute atomic E-state index is 0.00105. The number of hydrogen-bond acceptors (Lipinski definition) is 6. The molecule has 0 spiro atoms. The zero-order chi connectivity index (χ0) is 17.1. The van der Waals surface area contributed by atoms with Gasteiger partial charge in [-0.25, -0.2) is 14.8 Å². The predicted octanol–water partition coefficient (Wildman–Crippen LogP) is 3.50. The number of carbonyl (C=O) groups excluding carboxylic acids is 1. The monoisotopic (exact) mass is 342 g/mol. The molecule has 1 heterocycles. The van der Waals surface area contributed by atoms with Crippen LogP contribution in [0.3, 0.4) is 0 Å². The smallest absolute Gasteiger partial charge is 0.355 e. The Balaban J connectivity index is 1.79. The average molecular weight is 342 g/mol. The molecule has 0 bridgehead atoms. The third-order valence-electron chi connectivity index (χ3n) is 3.77. The van der Waals surface area contributed by atoms with Gasteiger partial charge in [0.05, 0.1) is 5.57 Å². The third kappa shape index (κ3) is 3.41. The van der Waals surface area contributed by atoms with Crippen LogP contribution in [0, 0.1) is 0 Å². The highest BCUT2D eigenvalue weighted by Gasteiger charge is 2.27. The third-order valence-corrected chi connectivity index (χ3v) is 4.52. The molecule has 0 aliphatic heterocycles. The first-order valence-electron chi connectivity index (χ1n) is 7.27. The van der Waals surface area contributed by atoms with E-state index >= 15 is 0 Å². The fraction of sp³-hybridized carbons (Fsp3) is 0.176. The Morgan fingerprint density at radius 3 is 2.67 bits per heavy atom. The van der Waals surface area contributed by atoms with Crippen molar-refractivity contribution in [3.05, 3.63) is 58.3 Å². The molecule has 0 fully saturated rings. The van der Waals surface area contributed by atoms with Crippen LogP contribution in [0.4, 0.5) is 5.13 Å². The summed E-state index contributed by atoms with van der Waals surface area (Å²) in [7, 11) is 0. The van der Waals surface area contributed by atoms with Crippen molar-refractivity contribution in [3.63, 3.8) is 0 Å². The SMILES string of the molecule is O=C1CC(c2ccccc2)CC(O)=C1C=Nc1nc(C(=O)O)cs1. The predicted molar refractivity (Wildman–Crippen MR) is 90.3 cm³/mol. The molecule has 1 atom stereocenters. The number of benzene rings is 1. The number of rotatable bonds is 4. The van der Waals surface area contributed by atoms with Crippen LogP contribution in [0.15, 0.2) is 52.0 Å². The van der Waals surface area contributed by atoms with E-state index in [-0.39, 0.29) is 33.9 Å². The summed E-state index contributed by atoms with van der Waals surface area (Å²) in [4.78, 5) is 30.9. The molecule has 3 rings (SSSR count). The van der Waals surface area contributed by atoms with E-state index < -0.39 is 5.97 Å².